The highest BCUT2D eigenvalue weighted by atomic mass is 16.3. The van der Waals surface area contributed by atoms with E-state index in [4.69, 9.17) is 5.73 Å². The second-order valence-electron chi connectivity index (χ2n) is 6.41. The third kappa shape index (κ3) is 3.01. The van der Waals surface area contributed by atoms with E-state index in [0.29, 0.717) is 17.8 Å². The van der Waals surface area contributed by atoms with Crippen LogP contribution in [0.15, 0.2) is 77.7 Å². The topological polar surface area (TPSA) is 98.2 Å². The Balaban J connectivity index is 2.02. The van der Waals surface area contributed by atoms with Gasteiger partial charge in [-0.2, -0.15) is 0 Å². The number of primary amides is 1. The third-order valence-corrected chi connectivity index (χ3v) is 4.58. The van der Waals surface area contributed by atoms with Crippen molar-refractivity contribution in [3.63, 3.8) is 0 Å². The average molecular weight is 371 g/mol. The number of hydrogen-bond acceptors (Lipinski definition) is 4. The fraction of sp³-hybridized carbons (Fsp3) is 0.0455. The van der Waals surface area contributed by atoms with Gasteiger partial charge in [0, 0.05) is 17.1 Å². The fourth-order valence-electron chi connectivity index (χ4n) is 3.23. The second-order valence-corrected chi connectivity index (χ2v) is 6.41. The number of nitrogens with two attached hydrogens (primary N) is 1. The molecule has 0 bridgehead atoms. The molecule has 0 spiro atoms. The SMILES string of the molecule is NC(=O)c1nc(-c2ccccc2)c2c(=O)n(Cc3ccccc3)ccc2c1O. The number of carbonyl (C=O) groups is 1. The highest BCUT2D eigenvalue weighted by molar-refractivity contribution is 6.05. The Morgan fingerprint density at radius 1 is 1.00 bits per heavy atom. The predicted octanol–water partition coefficient (Wildman–Crippen LogP) is 2.92. The maximum atomic E-state index is 13.3. The van der Waals surface area contributed by atoms with Gasteiger partial charge in [0.15, 0.2) is 11.4 Å². The molecule has 0 aliphatic carbocycles. The molecule has 0 radical (unpaired) electrons. The Kier molecular flexibility index (Phi) is 4.37. The molecule has 4 rings (SSSR count). The van der Waals surface area contributed by atoms with Crippen LogP contribution in [0.4, 0.5) is 0 Å². The van der Waals surface area contributed by atoms with Gasteiger partial charge in [0.2, 0.25) is 0 Å². The molecule has 0 aliphatic heterocycles. The Hall–Kier alpha value is -3.93. The molecule has 0 saturated carbocycles. The average Bonchev–Trinajstić information content (AvgIpc) is 2.71. The van der Waals surface area contributed by atoms with Crippen molar-refractivity contribution in [2.75, 3.05) is 0 Å². The van der Waals surface area contributed by atoms with E-state index in [-0.39, 0.29) is 27.8 Å². The zero-order valence-electron chi connectivity index (χ0n) is 14.9. The molecule has 2 aromatic carbocycles. The molecule has 2 aromatic heterocycles. The number of pyridine rings is 2. The molecule has 0 saturated heterocycles. The highest BCUT2D eigenvalue weighted by Gasteiger charge is 2.21. The molecule has 0 unspecified atom stereocenters. The van der Waals surface area contributed by atoms with Crippen molar-refractivity contribution in [2.45, 2.75) is 6.54 Å². The molecule has 2 heterocycles. The summed E-state index contributed by atoms with van der Waals surface area (Å²) in [4.78, 5) is 29.3. The number of carbonyl (C=O) groups excluding carboxylic acids is 1. The maximum absolute atomic E-state index is 13.3. The number of rotatable bonds is 4. The molecule has 0 atom stereocenters. The fourth-order valence-corrected chi connectivity index (χ4v) is 3.23. The molecule has 6 nitrogen and oxygen atoms in total. The molecule has 1 amide bonds. The van der Waals surface area contributed by atoms with Gasteiger partial charge in [0.25, 0.3) is 11.5 Å². The molecule has 0 fully saturated rings. The zero-order chi connectivity index (χ0) is 19.7. The van der Waals surface area contributed by atoms with Crippen LogP contribution in [0.25, 0.3) is 22.0 Å². The van der Waals surface area contributed by atoms with Crippen molar-refractivity contribution in [1.82, 2.24) is 9.55 Å². The summed E-state index contributed by atoms with van der Waals surface area (Å²) in [6.45, 7) is 0.377. The molecule has 138 valence electrons. The van der Waals surface area contributed by atoms with E-state index in [1.807, 2.05) is 48.5 Å². The second kappa shape index (κ2) is 7.00. The lowest BCUT2D eigenvalue weighted by atomic mass is 10.0. The first-order valence-electron chi connectivity index (χ1n) is 8.71. The summed E-state index contributed by atoms with van der Waals surface area (Å²) in [5.74, 6) is -1.24. The number of hydrogen-bond donors (Lipinski definition) is 2. The number of amides is 1. The largest absolute Gasteiger partial charge is 0.505 e. The Bertz CT molecular complexity index is 1230. The van der Waals surface area contributed by atoms with Crippen molar-refractivity contribution < 1.29 is 9.90 Å². The van der Waals surface area contributed by atoms with Gasteiger partial charge in [0.05, 0.1) is 17.6 Å². The summed E-state index contributed by atoms with van der Waals surface area (Å²) in [7, 11) is 0. The number of aromatic nitrogens is 2. The normalized spacial score (nSPS) is 10.9. The van der Waals surface area contributed by atoms with Crippen LogP contribution in [0.5, 0.6) is 5.75 Å². The van der Waals surface area contributed by atoms with Crippen molar-refractivity contribution in [1.29, 1.82) is 0 Å². The molecule has 6 heteroatoms. The summed E-state index contributed by atoms with van der Waals surface area (Å²) in [6, 6.07) is 20.2. The first-order chi connectivity index (χ1) is 13.6. The van der Waals surface area contributed by atoms with Gasteiger partial charge in [-0.25, -0.2) is 4.98 Å². The highest BCUT2D eigenvalue weighted by Crippen LogP contribution is 2.32. The van der Waals surface area contributed by atoms with Crippen molar-refractivity contribution in [3.05, 3.63) is 94.5 Å². The zero-order valence-corrected chi connectivity index (χ0v) is 14.9. The van der Waals surface area contributed by atoms with Crippen molar-refractivity contribution >= 4 is 16.7 Å². The van der Waals surface area contributed by atoms with Crippen LogP contribution in [0.1, 0.15) is 16.1 Å². The number of fused-ring (bicyclic) bond motifs is 1. The minimum Gasteiger partial charge on any atom is -0.505 e. The van der Waals surface area contributed by atoms with Crippen LogP contribution in [0, 0.1) is 0 Å². The summed E-state index contributed by atoms with van der Waals surface area (Å²) in [5, 5.41) is 11.0. The summed E-state index contributed by atoms with van der Waals surface area (Å²) < 4.78 is 1.55. The number of nitrogens with zero attached hydrogens (tertiary/aromatic N) is 2. The van der Waals surface area contributed by atoms with Gasteiger partial charge in [-0.3, -0.25) is 9.59 Å². The maximum Gasteiger partial charge on any atom is 0.271 e. The van der Waals surface area contributed by atoms with Crippen LogP contribution in [-0.4, -0.2) is 20.6 Å². The van der Waals surface area contributed by atoms with Crippen LogP contribution < -0.4 is 11.3 Å². The van der Waals surface area contributed by atoms with E-state index >= 15 is 0 Å². The first kappa shape index (κ1) is 17.5. The lowest BCUT2D eigenvalue weighted by molar-refractivity contribution is 0.0993. The Labute approximate surface area is 160 Å². The number of aromatic hydroxyl groups is 1. The number of benzene rings is 2. The minimum atomic E-state index is -0.856. The van der Waals surface area contributed by atoms with Crippen molar-refractivity contribution in [3.8, 4) is 17.0 Å². The van der Waals surface area contributed by atoms with Crippen LogP contribution >= 0.6 is 0 Å². The first-order valence-corrected chi connectivity index (χ1v) is 8.71. The molecule has 4 aromatic rings. The van der Waals surface area contributed by atoms with E-state index in [9.17, 15) is 14.7 Å². The summed E-state index contributed by atoms with van der Waals surface area (Å²) >= 11 is 0. The molecular formula is C22H17N3O3. The van der Waals surface area contributed by atoms with Crippen LogP contribution in [0.3, 0.4) is 0 Å². The van der Waals surface area contributed by atoms with E-state index < -0.39 is 5.91 Å². The van der Waals surface area contributed by atoms with Gasteiger partial charge in [-0.15, -0.1) is 0 Å². The van der Waals surface area contributed by atoms with E-state index in [2.05, 4.69) is 4.98 Å². The van der Waals surface area contributed by atoms with Gasteiger partial charge in [-0.1, -0.05) is 60.7 Å². The van der Waals surface area contributed by atoms with Gasteiger partial charge >= 0.3 is 0 Å². The standard InChI is InChI=1S/C22H17N3O3/c23-21(27)19-20(26)16-11-12-25(13-14-7-3-1-4-8-14)22(28)17(16)18(24-19)15-9-5-2-6-10-15/h1-12,26H,13H2,(H2,23,27). The minimum absolute atomic E-state index is 0.243. The molecule has 28 heavy (non-hydrogen) atoms. The molecular weight excluding hydrogens is 354 g/mol. The lowest BCUT2D eigenvalue weighted by Crippen LogP contribution is -2.22. The molecule has 0 aliphatic rings. The van der Waals surface area contributed by atoms with E-state index in [1.54, 1.807) is 29.0 Å². The lowest BCUT2D eigenvalue weighted by Gasteiger charge is -2.13. The van der Waals surface area contributed by atoms with E-state index in [1.165, 1.54) is 0 Å². The van der Waals surface area contributed by atoms with Crippen LogP contribution in [0.2, 0.25) is 0 Å². The van der Waals surface area contributed by atoms with Gasteiger partial charge in [-0.05, 0) is 11.6 Å². The third-order valence-electron chi connectivity index (χ3n) is 4.58. The van der Waals surface area contributed by atoms with Crippen molar-refractivity contribution in [2.24, 2.45) is 5.73 Å². The Morgan fingerprint density at radius 2 is 1.64 bits per heavy atom. The predicted molar refractivity (Wildman–Crippen MR) is 107 cm³/mol. The van der Waals surface area contributed by atoms with Gasteiger partial charge in [0.1, 0.15) is 0 Å². The molecule has 3 N–H and O–H groups in total. The monoisotopic (exact) mass is 371 g/mol. The quantitative estimate of drug-likeness (QED) is 0.576. The van der Waals surface area contributed by atoms with Crippen LogP contribution in [-0.2, 0) is 6.54 Å². The Morgan fingerprint density at radius 3 is 2.29 bits per heavy atom. The smallest absolute Gasteiger partial charge is 0.271 e. The summed E-state index contributed by atoms with van der Waals surface area (Å²) in [6.07, 6.45) is 1.59. The summed E-state index contributed by atoms with van der Waals surface area (Å²) in [5.41, 5.74) is 6.75. The van der Waals surface area contributed by atoms with Gasteiger partial charge < -0.3 is 15.4 Å². The van der Waals surface area contributed by atoms with E-state index in [0.717, 1.165) is 5.56 Å².